The van der Waals surface area contributed by atoms with E-state index in [0.717, 1.165) is 11.8 Å². The lowest BCUT2D eigenvalue weighted by atomic mass is 10.2. The molecule has 1 heterocycles. The van der Waals surface area contributed by atoms with Crippen LogP contribution >= 0.6 is 23.4 Å². The normalized spacial score (nSPS) is 16.5. The Hall–Kier alpha value is -1.76. The zero-order chi connectivity index (χ0) is 17.2. The van der Waals surface area contributed by atoms with Gasteiger partial charge in [-0.3, -0.25) is 4.79 Å². The van der Waals surface area contributed by atoms with Crippen molar-refractivity contribution in [3.63, 3.8) is 0 Å². The molecule has 0 saturated carbocycles. The van der Waals surface area contributed by atoms with Crippen LogP contribution < -0.4 is 0 Å². The molecule has 3 rings (SSSR count). The Morgan fingerprint density at radius 1 is 1.04 bits per heavy atom. The van der Waals surface area contributed by atoms with Crippen molar-refractivity contribution < 1.29 is 17.9 Å². The maximum atomic E-state index is 12.6. The van der Waals surface area contributed by atoms with Gasteiger partial charge in [-0.1, -0.05) is 41.9 Å². The van der Waals surface area contributed by atoms with Crippen molar-refractivity contribution in [3.8, 4) is 0 Å². The highest BCUT2D eigenvalue weighted by atomic mass is 35.5. The molecule has 0 aliphatic carbocycles. The summed E-state index contributed by atoms with van der Waals surface area (Å²) in [6.07, 6.45) is 0. The second-order valence-electron chi connectivity index (χ2n) is 5.04. The monoisotopic (exact) mass is 380 g/mol. The lowest BCUT2D eigenvalue weighted by Crippen LogP contribution is -2.24. The van der Waals surface area contributed by atoms with Crippen LogP contribution in [0.5, 0.6) is 0 Å². The third kappa shape index (κ3) is 3.66. The predicted molar refractivity (Wildman–Crippen MR) is 95.4 cm³/mol. The Kier molecular flexibility index (Phi) is 4.99. The van der Waals surface area contributed by atoms with Crippen molar-refractivity contribution in [3.05, 3.63) is 70.9 Å². The lowest BCUT2D eigenvalue weighted by Gasteiger charge is -2.20. The molecular formula is C17H13ClO4S2. The van der Waals surface area contributed by atoms with Crippen LogP contribution in [0, 0.1) is 0 Å². The van der Waals surface area contributed by atoms with Gasteiger partial charge in [-0.05, 0) is 41.6 Å². The van der Waals surface area contributed by atoms with Gasteiger partial charge in [0.2, 0.25) is 0 Å². The molecule has 0 amide bonds. The number of halogens is 1. The highest BCUT2D eigenvalue weighted by Gasteiger charge is 2.33. The fraction of sp³-hybridized carbons (Fsp3) is 0.118. The summed E-state index contributed by atoms with van der Waals surface area (Å²) in [4.78, 5) is 13.2. The first kappa shape index (κ1) is 17.1. The summed E-state index contributed by atoms with van der Waals surface area (Å²) in [5.41, 5.74) is 0.456. The number of hydrogen-bond acceptors (Lipinski definition) is 5. The number of ether oxygens (including phenoxy) is 1. The maximum Gasteiger partial charge on any atom is 0.260 e. The van der Waals surface area contributed by atoms with E-state index in [4.69, 9.17) is 16.3 Å². The number of carbonyl (C=O) groups is 1. The van der Waals surface area contributed by atoms with Crippen LogP contribution in [-0.4, -0.2) is 25.9 Å². The van der Waals surface area contributed by atoms with Crippen molar-refractivity contribution >= 4 is 43.2 Å². The molecule has 0 saturated heterocycles. The van der Waals surface area contributed by atoms with Crippen molar-refractivity contribution in [2.24, 2.45) is 0 Å². The summed E-state index contributed by atoms with van der Waals surface area (Å²) in [7, 11) is -3.57. The minimum Gasteiger partial charge on any atom is -0.487 e. The van der Waals surface area contributed by atoms with Gasteiger partial charge < -0.3 is 4.74 Å². The fourth-order valence-electron chi connectivity index (χ4n) is 2.27. The van der Waals surface area contributed by atoms with Crippen molar-refractivity contribution in [2.45, 2.75) is 4.90 Å². The summed E-state index contributed by atoms with van der Waals surface area (Å²) >= 11 is 6.74. The summed E-state index contributed by atoms with van der Waals surface area (Å²) in [6.45, 7) is -0.0269. The van der Waals surface area contributed by atoms with E-state index in [9.17, 15) is 13.2 Å². The van der Waals surface area contributed by atoms with E-state index in [1.165, 1.54) is 0 Å². The quantitative estimate of drug-likeness (QED) is 0.758. The third-order valence-corrected chi connectivity index (χ3v) is 6.24. The molecule has 4 nitrogen and oxygen atoms in total. The van der Waals surface area contributed by atoms with Crippen LogP contribution in [0.2, 0.25) is 5.02 Å². The van der Waals surface area contributed by atoms with E-state index in [-0.39, 0.29) is 23.0 Å². The van der Waals surface area contributed by atoms with Crippen LogP contribution in [0.25, 0.3) is 4.91 Å². The van der Waals surface area contributed by atoms with Crippen molar-refractivity contribution in [2.75, 3.05) is 12.4 Å². The van der Waals surface area contributed by atoms with E-state index in [0.29, 0.717) is 15.5 Å². The highest BCUT2D eigenvalue weighted by Crippen LogP contribution is 2.34. The van der Waals surface area contributed by atoms with Crippen molar-refractivity contribution in [1.82, 2.24) is 0 Å². The molecule has 1 aliphatic heterocycles. The minimum atomic E-state index is -3.57. The van der Waals surface area contributed by atoms with Gasteiger partial charge in [-0.25, -0.2) is 8.42 Å². The molecule has 0 atom stereocenters. The molecule has 2 aromatic rings. The van der Waals surface area contributed by atoms with E-state index >= 15 is 0 Å². The average molecular weight is 381 g/mol. The first-order valence-electron chi connectivity index (χ1n) is 7.10. The highest BCUT2D eigenvalue weighted by molar-refractivity contribution is 8.14. The molecule has 0 aromatic heterocycles. The second-order valence-corrected chi connectivity index (χ2v) is 8.56. The molecule has 1 aliphatic rings. The Labute approximate surface area is 149 Å². The predicted octanol–water partition coefficient (Wildman–Crippen LogP) is 3.77. The van der Waals surface area contributed by atoms with Crippen LogP contribution in [0.4, 0.5) is 0 Å². The zero-order valence-electron chi connectivity index (χ0n) is 12.4. The SMILES string of the molecule is O=C(Sc1ccc(Cl)cc1)C1=C(c2ccccc2)S(=O)(=O)CCO1. The standard InChI is InChI=1S/C17H13ClO4S2/c18-13-6-8-14(9-7-13)23-17(19)15-16(12-4-2-1-3-5-12)24(20,21)11-10-22-15/h1-9H,10-11H2. The minimum absolute atomic E-state index is 0.0269. The summed E-state index contributed by atoms with van der Waals surface area (Å²) < 4.78 is 30.4. The summed E-state index contributed by atoms with van der Waals surface area (Å²) in [6, 6.07) is 15.3. The number of sulfone groups is 1. The molecular weight excluding hydrogens is 368 g/mol. The largest absolute Gasteiger partial charge is 0.487 e. The van der Waals surface area contributed by atoms with Gasteiger partial charge >= 0.3 is 0 Å². The van der Waals surface area contributed by atoms with Crippen molar-refractivity contribution in [1.29, 1.82) is 0 Å². The van der Waals surface area contributed by atoms with Gasteiger partial charge in [-0.2, -0.15) is 0 Å². The van der Waals surface area contributed by atoms with Crippen LogP contribution in [0.1, 0.15) is 5.56 Å². The number of rotatable bonds is 3. The number of thioether (sulfide) groups is 1. The van der Waals surface area contributed by atoms with Crippen LogP contribution in [-0.2, 0) is 19.4 Å². The Bertz CT molecular complexity index is 888. The molecule has 2 aromatic carbocycles. The van der Waals surface area contributed by atoms with Gasteiger partial charge in [0.1, 0.15) is 11.5 Å². The smallest absolute Gasteiger partial charge is 0.260 e. The van der Waals surface area contributed by atoms with E-state index < -0.39 is 15.0 Å². The topological polar surface area (TPSA) is 60.4 Å². The second kappa shape index (κ2) is 7.01. The summed E-state index contributed by atoms with van der Waals surface area (Å²) in [5.74, 6) is -0.257. The molecule has 0 N–H and O–H groups in total. The molecule has 0 fully saturated rings. The fourth-order valence-corrected chi connectivity index (χ4v) is 4.64. The first-order valence-corrected chi connectivity index (χ1v) is 9.95. The third-order valence-electron chi connectivity index (χ3n) is 3.36. The Balaban J connectivity index is 2.02. The Morgan fingerprint density at radius 3 is 2.38 bits per heavy atom. The van der Waals surface area contributed by atoms with Gasteiger partial charge in [0.15, 0.2) is 15.6 Å². The van der Waals surface area contributed by atoms with Crippen LogP contribution in [0.3, 0.4) is 0 Å². The molecule has 0 unspecified atom stereocenters. The molecule has 24 heavy (non-hydrogen) atoms. The number of benzene rings is 2. The summed E-state index contributed by atoms with van der Waals surface area (Å²) in [5, 5.41) is 0.118. The van der Waals surface area contributed by atoms with Gasteiger partial charge in [-0.15, -0.1) is 0 Å². The molecule has 0 spiro atoms. The lowest BCUT2D eigenvalue weighted by molar-refractivity contribution is -0.110. The van der Waals surface area contributed by atoms with Gasteiger partial charge in [0.05, 0.1) is 5.75 Å². The Morgan fingerprint density at radius 2 is 1.71 bits per heavy atom. The zero-order valence-corrected chi connectivity index (χ0v) is 14.8. The maximum absolute atomic E-state index is 12.6. The van der Waals surface area contributed by atoms with E-state index in [2.05, 4.69) is 0 Å². The molecule has 0 radical (unpaired) electrons. The molecule has 124 valence electrons. The van der Waals surface area contributed by atoms with Gasteiger partial charge in [0, 0.05) is 9.92 Å². The van der Waals surface area contributed by atoms with Gasteiger partial charge in [0.25, 0.3) is 5.12 Å². The average Bonchev–Trinajstić information content (AvgIpc) is 2.56. The first-order chi connectivity index (χ1) is 11.5. The van der Waals surface area contributed by atoms with E-state index in [1.54, 1.807) is 54.6 Å². The number of hydrogen-bond donors (Lipinski definition) is 0. The number of carbonyl (C=O) groups excluding carboxylic acids is 1. The molecule has 7 heteroatoms. The van der Waals surface area contributed by atoms with Crippen LogP contribution in [0.15, 0.2) is 65.3 Å². The van der Waals surface area contributed by atoms with E-state index in [1.807, 2.05) is 0 Å². The molecule has 0 bridgehead atoms.